The van der Waals surface area contributed by atoms with Crippen LogP contribution in [-0.2, 0) is 11.2 Å². The van der Waals surface area contributed by atoms with Gasteiger partial charge in [0, 0.05) is 23.7 Å². The van der Waals surface area contributed by atoms with E-state index < -0.39 is 0 Å². The number of amides is 1. The molecule has 0 aromatic carbocycles. The minimum atomic E-state index is -0.115. The monoisotopic (exact) mass is 331 g/mol. The Labute approximate surface area is 143 Å². The molecule has 0 saturated heterocycles. The number of carbonyl (C=O) groups is 1. The number of fused-ring (bicyclic) bond motifs is 1. The fraction of sp³-hybridized carbons (Fsp3) is 0.737. The molecule has 2 N–H and O–H groups in total. The predicted molar refractivity (Wildman–Crippen MR) is 93.9 cm³/mol. The van der Waals surface area contributed by atoms with Crippen LogP contribution in [0.5, 0.6) is 0 Å². The quantitative estimate of drug-likeness (QED) is 0.891. The van der Waals surface area contributed by atoms with Gasteiger partial charge < -0.3 is 10.3 Å². The molecule has 0 radical (unpaired) electrons. The van der Waals surface area contributed by atoms with E-state index in [0.29, 0.717) is 30.3 Å². The molecular formula is C19H29N3O2. The van der Waals surface area contributed by atoms with Crippen LogP contribution in [0.4, 0.5) is 0 Å². The Morgan fingerprint density at radius 2 is 1.92 bits per heavy atom. The third-order valence-electron chi connectivity index (χ3n) is 5.85. The summed E-state index contributed by atoms with van der Waals surface area (Å²) in [5.74, 6) is 2.39. The topological polar surface area (TPSA) is 74.8 Å². The maximum atomic E-state index is 12.3. The van der Waals surface area contributed by atoms with Gasteiger partial charge in [0.25, 0.3) is 5.56 Å². The Hall–Kier alpha value is -1.65. The first-order chi connectivity index (χ1) is 11.5. The van der Waals surface area contributed by atoms with Crippen LogP contribution in [0, 0.1) is 25.7 Å². The molecule has 1 amide bonds. The SMILES string of the molecule is Cc1nc(C)c(CCC(=O)N[C@@H]2CC[C@@H]3CCCC[C@@H]3C2)c(=O)[nH]1. The zero-order chi connectivity index (χ0) is 17.1. The maximum absolute atomic E-state index is 12.3. The fourth-order valence-electron chi connectivity index (χ4n) is 4.59. The molecule has 1 aromatic heterocycles. The van der Waals surface area contributed by atoms with Gasteiger partial charge in [-0.05, 0) is 51.4 Å². The Kier molecular flexibility index (Phi) is 5.36. The third-order valence-corrected chi connectivity index (χ3v) is 5.85. The molecule has 2 fully saturated rings. The van der Waals surface area contributed by atoms with E-state index in [-0.39, 0.29) is 11.5 Å². The number of H-pyrrole nitrogens is 1. The number of aromatic amines is 1. The van der Waals surface area contributed by atoms with Crippen molar-refractivity contribution in [2.45, 2.75) is 77.7 Å². The molecular weight excluding hydrogens is 302 g/mol. The number of nitrogens with zero attached hydrogens (tertiary/aromatic N) is 1. The Morgan fingerprint density at radius 1 is 1.17 bits per heavy atom. The highest BCUT2D eigenvalue weighted by molar-refractivity contribution is 5.76. The summed E-state index contributed by atoms with van der Waals surface area (Å²) in [6, 6.07) is 0.326. The molecule has 2 saturated carbocycles. The molecule has 0 spiro atoms. The molecule has 3 atom stereocenters. The lowest BCUT2D eigenvalue weighted by Gasteiger charge is -2.39. The van der Waals surface area contributed by atoms with Crippen molar-refractivity contribution in [1.29, 1.82) is 0 Å². The molecule has 24 heavy (non-hydrogen) atoms. The first kappa shape index (κ1) is 17.2. The molecule has 1 aromatic rings. The van der Waals surface area contributed by atoms with Crippen LogP contribution in [0.25, 0.3) is 0 Å². The first-order valence-corrected chi connectivity index (χ1v) is 9.38. The molecule has 1 heterocycles. The van der Waals surface area contributed by atoms with Crippen molar-refractivity contribution in [3.63, 3.8) is 0 Å². The second-order valence-corrected chi connectivity index (χ2v) is 7.60. The number of rotatable bonds is 4. The summed E-state index contributed by atoms with van der Waals surface area (Å²) < 4.78 is 0. The highest BCUT2D eigenvalue weighted by atomic mass is 16.1. The molecule has 5 heteroatoms. The highest BCUT2D eigenvalue weighted by Gasteiger charge is 2.32. The number of hydrogen-bond donors (Lipinski definition) is 2. The van der Waals surface area contributed by atoms with Crippen LogP contribution in [0.3, 0.4) is 0 Å². The third kappa shape index (κ3) is 4.05. The predicted octanol–water partition coefficient (Wildman–Crippen LogP) is 2.79. The largest absolute Gasteiger partial charge is 0.353 e. The number of aromatic nitrogens is 2. The van der Waals surface area contributed by atoms with E-state index in [1.807, 2.05) is 6.92 Å². The maximum Gasteiger partial charge on any atom is 0.254 e. The Morgan fingerprint density at radius 3 is 2.67 bits per heavy atom. The zero-order valence-corrected chi connectivity index (χ0v) is 14.9. The van der Waals surface area contributed by atoms with E-state index in [9.17, 15) is 9.59 Å². The van der Waals surface area contributed by atoms with Crippen molar-refractivity contribution in [2.75, 3.05) is 0 Å². The van der Waals surface area contributed by atoms with Crippen molar-refractivity contribution >= 4 is 5.91 Å². The normalized spacial score (nSPS) is 26.7. The van der Waals surface area contributed by atoms with Crippen molar-refractivity contribution in [3.05, 3.63) is 27.4 Å². The van der Waals surface area contributed by atoms with E-state index in [0.717, 1.165) is 30.4 Å². The van der Waals surface area contributed by atoms with E-state index in [4.69, 9.17) is 0 Å². The average molecular weight is 331 g/mol. The van der Waals surface area contributed by atoms with E-state index in [1.165, 1.54) is 32.1 Å². The van der Waals surface area contributed by atoms with Crippen molar-refractivity contribution in [1.82, 2.24) is 15.3 Å². The van der Waals surface area contributed by atoms with Crippen molar-refractivity contribution in [2.24, 2.45) is 11.8 Å². The molecule has 0 bridgehead atoms. The van der Waals surface area contributed by atoms with Crippen LogP contribution in [-0.4, -0.2) is 21.9 Å². The van der Waals surface area contributed by atoms with Crippen LogP contribution in [0.15, 0.2) is 4.79 Å². The standard InChI is InChI=1S/C19H29N3O2/c1-12-17(19(24)21-13(2)20-12)9-10-18(23)22-16-8-7-14-5-3-4-6-15(14)11-16/h14-16H,3-11H2,1-2H3,(H,22,23)(H,20,21,24)/t14-,15+,16+/m0/s1. The smallest absolute Gasteiger partial charge is 0.254 e. The molecule has 5 nitrogen and oxygen atoms in total. The first-order valence-electron chi connectivity index (χ1n) is 9.38. The fourth-order valence-corrected chi connectivity index (χ4v) is 4.59. The van der Waals surface area contributed by atoms with Crippen LogP contribution < -0.4 is 10.9 Å². The van der Waals surface area contributed by atoms with Gasteiger partial charge >= 0.3 is 0 Å². The highest BCUT2D eigenvalue weighted by Crippen LogP contribution is 2.40. The summed E-state index contributed by atoms with van der Waals surface area (Å²) in [7, 11) is 0. The Bertz CT molecular complexity index is 653. The molecule has 3 rings (SSSR count). The van der Waals surface area contributed by atoms with Crippen LogP contribution in [0.2, 0.25) is 0 Å². The lowest BCUT2D eigenvalue weighted by molar-refractivity contribution is -0.122. The molecule has 0 unspecified atom stereocenters. The number of nitrogens with one attached hydrogen (secondary N) is 2. The average Bonchev–Trinajstić information content (AvgIpc) is 2.53. The lowest BCUT2D eigenvalue weighted by atomic mass is 9.69. The summed E-state index contributed by atoms with van der Waals surface area (Å²) in [4.78, 5) is 31.3. The minimum absolute atomic E-state index is 0.0636. The van der Waals surface area contributed by atoms with E-state index in [2.05, 4.69) is 15.3 Å². The van der Waals surface area contributed by atoms with Crippen LogP contribution in [0.1, 0.15) is 68.4 Å². The second kappa shape index (κ2) is 7.49. The number of aryl methyl sites for hydroxylation is 2. The second-order valence-electron chi connectivity index (χ2n) is 7.60. The number of carbonyl (C=O) groups excluding carboxylic acids is 1. The van der Waals surface area contributed by atoms with Gasteiger partial charge in [-0.3, -0.25) is 9.59 Å². The zero-order valence-electron chi connectivity index (χ0n) is 14.9. The van der Waals surface area contributed by atoms with Gasteiger partial charge in [0.15, 0.2) is 0 Å². The van der Waals surface area contributed by atoms with Gasteiger partial charge in [-0.1, -0.05) is 25.7 Å². The molecule has 2 aliphatic carbocycles. The van der Waals surface area contributed by atoms with Gasteiger partial charge in [-0.2, -0.15) is 0 Å². The van der Waals surface area contributed by atoms with Crippen molar-refractivity contribution in [3.8, 4) is 0 Å². The van der Waals surface area contributed by atoms with E-state index in [1.54, 1.807) is 6.92 Å². The summed E-state index contributed by atoms with van der Waals surface area (Å²) >= 11 is 0. The lowest BCUT2D eigenvalue weighted by Crippen LogP contribution is -2.41. The summed E-state index contributed by atoms with van der Waals surface area (Å²) in [5, 5.41) is 3.20. The van der Waals surface area contributed by atoms with Crippen molar-refractivity contribution < 1.29 is 4.79 Å². The molecule has 2 aliphatic rings. The van der Waals surface area contributed by atoms with Gasteiger partial charge in [-0.15, -0.1) is 0 Å². The summed E-state index contributed by atoms with van der Waals surface area (Å²) in [5.41, 5.74) is 1.24. The minimum Gasteiger partial charge on any atom is -0.353 e. The van der Waals surface area contributed by atoms with Gasteiger partial charge in [-0.25, -0.2) is 4.98 Å². The van der Waals surface area contributed by atoms with Gasteiger partial charge in [0.1, 0.15) is 5.82 Å². The van der Waals surface area contributed by atoms with Gasteiger partial charge in [0.2, 0.25) is 5.91 Å². The summed E-state index contributed by atoms with van der Waals surface area (Å²) in [6.07, 6.45) is 9.78. The van der Waals surface area contributed by atoms with Crippen LogP contribution >= 0.6 is 0 Å². The molecule has 0 aliphatic heterocycles. The Balaban J connectivity index is 1.50. The number of hydrogen-bond acceptors (Lipinski definition) is 3. The van der Waals surface area contributed by atoms with E-state index >= 15 is 0 Å². The van der Waals surface area contributed by atoms with Gasteiger partial charge in [0.05, 0.1) is 0 Å². The molecule has 132 valence electrons. The summed E-state index contributed by atoms with van der Waals surface area (Å²) in [6.45, 7) is 3.60.